The average Bonchev–Trinajstić information content (AvgIpc) is 2.80. The van der Waals surface area contributed by atoms with Gasteiger partial charge in [0, 0.05) is 5.56 Å². The van der Waals surface area contributed by atoms with Crippen LogP contribution in [-0.2, 0) is 6.42 Å². The van der Waals surface area contributed by atoms with Crippen LogP contribution in [0.3, 0.4) is 0 Å². The molecule has 2 aromatic heterocycles. The Labute approximate surface area is 115 Å². The van der Waals surface area contributed by atoms with E-state index < -0.39 is 0 Å². The Hall–Kier alpha value is -1.96. The molecule has 5 N–H and O–H groups in total. The summed E-state index contributed by atoms with van der Waals surface area (Å²) in [5.74, 6) is 1.000. The summed E-state index contributed by atoms with van der Waals surface area (Å²) in [6.45, 7) is 5.98. The Bertz CT molecular complexity index is 580. The average molecular weight is 279 g/mol. The molecule has 2 aromatic rings. The second-order valence-electron chi connectivity index (χ2n) is 4.20. The third-order valence-corrected chi connectivity index (χ3v) is 3.71. The molecule has 1 atom stereocenters. The van der Waals surface area contributed by atoms with E-state index in [9.17, 15) is 0 Å². The first-order chi connectivity index (χ1) is 9.01. The van der Waals surface area contributed by atoms with Gasteiger partial charge in [-0.3, -0.25) is 0 Å². The maximum absolute atomic E-state index is 5.71. The molecule has 8 heteroatoms. The summed E-state index contributed by atoms with van der Waals surface area (Å²) in [5, 5.41) is 12.4. The molecule has 0 saturated carbocycles. The summed E-state index contributed by atoms with van der Waals surface area (Å²) in [4.78, 5) is 8.45. The van der Waals surface area contributed by atoms with Crippen LogP contribution in [0.15, 0.2) is 0 Å². The molecule has 0 aliphatic heterocycles. The van der Waals surface area contributed by atoms with Gasteiger partial charge in [0.2, 0.25) is 11.1 Å². The van der Waals surface area contributed by atoms with Crippen LogP contribution in [0.25, 0.3) is 0 Å². The lowest BCUT2D eigenvalue weighted by Gasteiger charge is -2.15. The van der Waals surface area contributed by atoms with E-state index in [1.807, 2.05) is 20.8 Å². The third-order valence-electron chi connectivity index (χ3n) is 2.78. The molecule has 0 aromatic carbocycles. The van der Waals surface area contributed by atoms with Crippen LogP contribution in [0, 0.1) is 6.92 Å². The Kier molecular flexibility index (Phi) is 3.79. The Morgan fingerprint density at radius 2 is 2.00 bits per heavy atom. The fraction of sp³-hybridized carbons (Fsp3) is 0.455. The van der Waals surface area contributed by atoms with Crippen LogP contribution in [0.4, 0.5) is 16.9 Å². The highest BCUT2D eigenvalue weighted by molar-refractivity contribution is 7.15. The number of nitrogens with two attached hydrogens (primary N) is 2. The molecule has 0 amide bonds. The van der Waals surface area contributed by atoms with Crippen LogP contribution >= 0.6 is 11.3 Å². The van der Waals surface area contributed by atoms with Crippen molar-refractivity contribution in [3.63, 3.8) is 0 Å². The minimum Gasteiger partial charge on any atom is -0.374 e. The minimum absolute atomic E-state index is 0.0347. The van der Waals surface area contributed by atoms with Crippen molar-refractivity contribution in [2.45, 2.75) is 33.2 Å². The van der Waals surface area contributed by atoms with E-state index in [4.69, 9.17) is 11.5 Å². The minimum atomic E-state index is -0.0347. The number of nitrogens with zero attached hydrogens (tertiary/aromatic N) is 4. The lowest BCUT2D eigenvalue weighted by molar-refractivity contribution is 0.827. The zero-order valence-electron chi connectivity index (χ0n) is 11.1. The van der Waals surface area contributed by atoms with Gasteiger partial charge in [-0.1, -0.05) is 18.3 Å². The fourth-order valence-electron chi connectivity index (χ4n) is 1.76. The fourth-order valence-corrected chi connectivity index (χ4v) is 2.37. The monoisotopic (exact) mass is 279 g/mol. The van der Waals surface area contributed by atoms with Crippen molar-refractivity contribution in [1.29, 1.82) is 0 Å². The Morgan fingerprint density at radius 3 is 2.58 bits per heavy atom. The first-order valence-electron chi connectivity index (χ1n) is 5.99. The van der Waals surface area contributed by atoms with Gasteiger partial charge in [-0.05, 0) is 20.3 Å². The highest BCUT2D eigenvalue weighted by Crippen LogP contribution is 2.25. The maximum Gasteiger partial charge on any atom is 0.222 e. The van der Waals surface area contributed by atoms with Crippen LogP contribution in [0.5, 0.6) is 0 Å². The second kappa shape index (κ2) is 5.35. The van der Waals surface area contributed by atoms with E-state index in [2.05, 4.69) is 25.5 Å². The van der Waals surface area contributed by atoms with Gasteiger partial charge in [-0.2, -0.15) is 4.98 Å². The van der Waals surface area contributed by atoms with E-state index in [1.54, 1.807) is 0 Å². The SMILES string of the molecule is CCc1nc(N)nc(NC(C)c2nnc(N)s2)c1C. The van der Waals surface area contributed by atoms with E-state index in [-0.39, 0.29) is 12.0 Å². The molecule has 2 heterocycles. The predicted octanol–water partition coefficient (Wildman–Crippen LogP) is 1.54. The quantitative estimate of drug-likeness (QED) is 0.777. The van der Waals surface area contributed by atoms with Gasteiger partial charge in [-0.25, -0.2) is 4.98 Å². The van der Waals surface area contributed by atoms with Crippen molar-refractivity contribution < 1.29 is 0 Å². The predicted molar refractivity (Wildman–Crippen MR) is 76.9 cm³/mol. The number of nitrogens with one attached hydrogen (secondary N) is 1. The summed E-state index contributed by atoms with van der Waals surface area (Å²) in [7, 11) is 0. The molecule has 102 valence electrons. The molecular weight excluding hydrogens is 262 g/mol. The molecule has 0 aliphatic carbocycles. The number of aromatic nitrogens is 4. The first kappa shape index (κ1) is 13.5. The maximum atomic E-state index is 5.71. The van der Waals surface area contributed by atoms with E-state index >= 15 is 0 Å². The van der Waals surface area contributed by atoms with E-state index in [1.165, 1.54) is 11.3 Å². The summed E-state index contributed by atoms with van der Waals surface area (Å²) in [6, 6.07) is -0.0347. The van der Waals surface area contributed by atoms with Gasteiger partial charge in [0.15, 0.2) is 0 Å². The van der Waals surface area contributed by atoms with Gasteiger partial charge in [0.1, 0.15) is 10.8 Å². The van der Waals surface area contributed by atoms with Crippen molar-refractivity contribution in [2.75, 3.05) is 16.8 Å². The smallest absolute Gasteiger partial charge is 0.222 e. The van der Waals surface area contributed by atoms with Gasteiger partial charge in [0.05, 0.1) is 11.7 Å². The van der Waals surface area contributed by atoms with Crippen molar-refractivity contribution in [2.24, 2.45) is 0 Å². The van der Waals surface area contributed by atoms with Gasteiger partial charge < -0.3 is 16.8 Å². The summed E-state index contributed by atoms with van der Waals surface area (Å²) in [5.41, 5.74) is 13.2. The van der Waals surface area contributed by atoms with Gasteiger partial charge in [0.25, 0.3) is 0 Å². The summed E-state index contributed by atoms with van der Waals surface area (Å²) in [6.07, 6.45) is 0.813. The van der Waals surface area contributed by atoms with Gasteiger partial charge in [-0.15, -0.1) is 10.2 Å². The first-order valence-corrected chi connectivity index (χ1v) is 6.81. The molecule has 0 saturated heterocycles. The van der Waals surface area contributed by atoms with E-state index in [0.717, 1.165) is 28.5 Å². The van der Waals surface area contributed by atoms with Crippen molar-refractivity contribution in [1.82, 2.24) is 20.2 Å². The third kappa shape index (κ3) is 2.90. The van der Waals surface area contributed by atoms with Crippen LogP contribution < -0.4 is 16.8 Å². The number of hydrogen-bond donors (Lipinski definition) is 3. The van der Waals surface area contributed by atoms with Crippen molar-refractivity contribution in [3.8, 4) is 0 Å². The molecule has 0 aliphatic rings. The number of rotatable bonds is 4. The highest BCUT2D eigenvalue weighted by atomic mass is 32.1. The lowest BCUT2D eigenvalue weighted by atomic mass is 10.2. The molecule has 7 nitrogen and oxygen atoms in total. The Balaban J connectivity index is 2.25. The number of anilines is 3. The number of nitrogen functional groups attached to an aromatic ring is 2. The summed E-state index contributed by atoms with van der Waals surface area (Å²) >= 11 is 1.35. The normalized spacial score (nSPS) is 12.4. The molecule has 0 spiro atoms. The molecule has 2 rings (SSSR count). The van der Waals surface area contributed by atoms with Gasteiger partial charge >= 0.3 is 0 Å². The molecular formula is C11H17N7S. The topological polar surface area (TPSA) is 116 Å². The molecule has 0 radical (unpaired) electrons. The molecule has 1 unspecified atom stereocenters. The molecule has 19 heavy (non-hydrogen) atoms. The zero-order valence-corrected chi connectivity index (χ0v) is 12.0. The standard InChI is InChI=1S/C11H17N7S/c1-4-7-5(2)8(16-10(12)15-7)14-6(3)9-17-18-11(13)19-9/h6H,4H2,1-3H3,(H2,13,18)(H3,12,14,15,16). The van der Waals surface area contributed by atoms with Crippen molar-refractivity contribution in [3.05, 3.63) is 16.3 Å². The molecule has 0 fully saturated rings. The lowest BCUT2D eigenvalue weighted by Crippen LogP contribution is -2.12. The second-order valence-corrected chi connectivity index (χ2v) is 5.24. The van der Waals surface area contributed by atoms with E-state index in [0.29, 0.717) is 5.13 Å². The van der Waals surface area contributed by atoms with Crippen LogP contribution in [-0.4, -0.2) is 20.2 Å². The van der Waals surface area contributed by atoms with Crippen LogP contribution in [0.1, 0.15) is 36.2 Å². The van der Waals surface area contributed by atoms with Crippen LogP contribution in [0.2, 0.25) is 0 Å². The summed E-state index contributed by atoms with van der Waals surface area (Å²) < 4.78 is 0. The number of aryl methyl sites for hydroxylation is 1. The highest BCUT2D eigenvalue weighted by Gasteiger charge is 2.15. The molecule has 0 bridgehead atoms. The number of hydrogen-bond acceptors (Lipinski definition) is 8. The Morgan fingerprint density at radius 1 is 1.26 bits per heavy atom. The largest absolute Gasteiger partial charge is 0.374 e. The zero-order chi connectivity index (χ0) is 14.0. The van der Waals surface area contributed by atoms with Crippen molar-refractivity contribution >= 4 is 28.2 Å².